The zero-order valence-corrected chi connectivity index (χ0v) is 34.5. The third kappa shape index (κ3) is 5.88. The van der Waals surface area contributed by atoms with Gasteiger partial charge in [0.05, 0.1) is 11.8 Å². The van der Waals surface area contributed by atoms with E-state index in [2.05, 4.69) is 69.1 Å². The average Bonchev–Trinajstić information content (AvgIpc) is 3.35. The van der Waals surface area contributed by atoms with Crippen LogP contribution in [0.4, 0.5) is 0 Å². The van der Waals surface area contributed by atoms with E-state index in [1.165, 1.54) is 74.3 Å². The van der Waals surface area contributed by atoms with E-state index in [-0.39, 0.29) is 16.4 Å². The molecule has 8 heteroatoms. The Morgan fingerprint density at radius 1 is 0.925 bits per heavy atom. The number of carboxylic acid groups (broad SMARTS) is 1. The molecule has 1 aromatic rings. The summed E-state index contributed by atoms with van der Waals surface area (Å²) in [5, 5.41) is 13.8. The first-order valence-corrected chi connectivity index (χ1v) is 22.9. The first kappa shape index (κ1) is 37.9. The number of nitrogens with zero attached hydrogens (tertiary/aromatic N) is 1. The highest BCUT2D eigenvalue weighted by molar-refractivity contribution is 7.88. The summed E-state index contributed by atoms with van der Waals surface area (Å²) >= 11 is 0. The van der Waals surface area contributed by atoms with Crippen molar-refractivity contribution in [3.05, 3.63) is 53.6 Å². The van der Waals surface area contributed by atoms with Gasteiger partial charge in [-0.25, -0.2) is 17.9 Å². The minimum absolute atomic E-state index is 0.0166. The monoisotopic (exact) mass is 745 g/mol. The number of likely N-dealkylation sites (tertiary alicyclic amines) is 1. The summed E-state index contributed by atoms with van der Waals surface area (Å²) in [6, 6.07) is 7.61. The fraction of sp³-hybridized carbons (Fsp3) is 0.756. The van der Waals surface area contributed by atoms with Gasteiger partial charge in [-0.05, 0) is 157 Å². The molecule has 0 bridgehead atoms. The zero-order valence-electron chi connectivity index (χ0n) is 33.6. The van der Waals surface area contributed by atoms with Crippen LogP contribution in [0.15, 0.2) is 42.5 Å². The smallest absolute Gasteiger partial charge is 0.335 e. The highest BCUT2D eigenvalue weighted by Crippen LogP contribution is 2.76. The van der Waals surface area contributed by atoms with Gasteiger partial charge in [0, 0.05) is 38.3 Å². The number of rotatable bonds is 10. The minimum Gasteiger partial charge on any atom is -0.478 e. The Kier molecular flexibility index (Phi) is 9.12. The number of allylic oxidation sites excluding steroid dienone is 3. The summed E-state index contributed by atoms with van der Waals surface area (Å²) in [5.41, 5.74) is 5.37. The largest absolute Gasteiger partial charge is 0.478 e. The standard InChI is InChI=1S/C45H67N3O4S/c1-28(2)31-15-20-45(46-23-24-48-26-33-32(34(33)27-48)25-47-53(8,51)52)22-21-43(6)36(39(31)45)13-14-38-42(5)18-16-35(29-9-11-30(12-10-29)40(49)50)41(3,4)37(42)17-19-44(38,43)7/h9-12,16,31-34,36-39,46-47H,1,13-15,17-27H2,2-8H3,(H,49,50). The number of sulfonamides is 1. The van der Waals surface area contributed by atoms with Crippen molar-refractivity contribution in [3.63, 3.8) is 0 Å². The van der Waals surface area contributed by atoms with E-state index in [0.717, 1.165) is 32.6 Å². The lowest BCUT2D eigenvalue weighted by molar-refractivity contribution is -0.219. The number of fused-ring (bicyclic) bond motifs is 8. The van der Waals surface area contributed by atoms with Crippen molar-refractivity contribution in [2.75, 3.05) is 39.0 Å². The lowest BCUT2D eigenvalue weighted by Crippen LogP contribution is -2.68. The average molecular weight is 746 g/mol. The van der Waals surface area contributed by atoms with Crippen molar-refractivity contribution in [2.45, 2.75) is 105 Å². The Labute approximate surface area is 320 Å². The van der Waals surface area contributed by atoms with Crippen molar-refractivity contribution < 1.29 is 18.3 Å². The number of benzene rings is 1. The predicted molar refractivity (Wildman–Crippen MR) is 214 cm³/mol. The molecule has 1 aromatic carbocycles. The number of piperidine rings is 1. The SMILES string of the molecule is C=C(C)C1CCC2(NCCN3CC4C(CNS(C)(=O)=O)C4C3)CCC3(C)C(CCC4C5(C)CC=C(c6ccc(C(=O)O)cc6)C(C)(C)C5CCC43C)C12. The van der Waals surface area contributed by atoms with Gasteiger partial charge in [0.25, 0.3) is 0 Å². The molecule has 53 heavy (non-hydrogen) atoms. The first-order valence-electron chi connectivity index (χ1n) is 21.0. The number of hydrogen-bond donors (Lipinski definition) is 3. The van der Waals surface area contributed by atoms with Gasteiger partial charge in [-0.3, -0.25) is 0 Å². The normalized spacial score (nSPS) is 44.2. The summed E-state index contributed by atoms with van der Waals surface area (Å²) in [6.45, 7) is 24.9. The summed E-state index contributed by atoms with van der Waals surface area (Å²) in [6.07, 6.45) is 15.2. The second-order valence-corrected chi connectivity index (χ2v) is 22.4. The van der Waals surface area contributed by atoms with Crippen molar-refractivity contribution in [3.8, 4) is 0 Å². The molecule has 0 amide bonds. The number of nitrogens with one attached hydrogen (secondary N) is 2. The molecular weight excluding hydrogens is 679 g/mol. The molecule has 1 saturated heterocycles. The Hall–Kier alpha value is -2.00. The third-order valence-corrected chi connectivity index (χ3v) is 18.7. The van der Waals surface area contributed by atoms with Gasteiger partial charge < -0.3 is 15.3 Å². The van der Waals surface area contributed by atoms with Gasteiger partial charge in [0.1, 0.15) is 0 Å². The van der Waals surface area contributed by atoms with E-state index in [1.807, 2.05) is 12.1 Å². The van der Waals surface area contributed by atoms with E-state index >= 15 is 0 Å². The molecule has 0 radical (unpaired) electrons. The molecule has 1 heterocycles. The molecule has 11 unspecified atom stereocenters. The van der Waals surface area contributed by atoms with Crippen molar-refractivity contribution in [1.29, 1.82) is 0 Å². The van der Waals surface area contributed by atoms with Gasteiger partial charge in [-0.1, -0.05) is 65.0 Å². The lowest BCUT2D eigenvalue weighted by atomic mass is 9.33. The molecule has 7 nitrogen and oxygen atoms in total. The van der Waals surface area contributed by atoms with Crippen LogP contribution in [0.3, 0.4) is 0 Å². The fourth-order valence-corrected chi connectivity index (χ4v) is 15.8. The maximum Gasteiger partial charge on any atom is 0.335 e. The summed E-state index contributed by atoms with van der Waals surface area (Å²) in [7, 11) is -3.12. The molecule has 11 atom stereocenters. The fourth-order valence-electron chi connectivity index (χ4n) is 15.3. The predicted octanol–water partition coefficient (Wildman–Crippen LogP) is 8.10. The number of carboxylic acids is 1. The summed E-state index contributed by atoms with van der Waals surface area (Å²) in [4.78, 5) is 14.2. The van der Waals surface area contributed by atoms with Gasteiger partial charge in [0.2, 0.25) is 10.0 Å². The van der Waals surface area contributed by atoms with Crippen LogP contribution in [0.2, 0.25) is 0 Å². The van der Waals surface area contributed by atoms with E-state index in [1.54, 1.807) is 12.1 Å². The highest BCUT2D eigenvalue weighted by atomic mass is 32.2. The molecular formula is C45H67N3O4S. The molecule has 0 spiro atoms. The van der Waals surface area contributed by atoms with Gasteiger partial charge in [-0.15, -0.1) is 0 Å². The lowest BCUT2D eigenvalue weighted by Gasteiger charge is -2.72. The quantitative estimate of drug-likeness (QED) is 0.210. The maximum absolute atomic E-state index is 11.6. The highest BCUT2D eigenvalue weighted by Gasteiger charge is 2.70. The second kappa shape index (κ2) is 12.8. The van der Waals surface area contributed by atoms with Crippen LogP contribution >= 0.6 is 0 Å². The maximum atomic E-state index is 11.6. The molecule has 8 rings (SSSR count). The van der Waals surface area contributed by atoms with Crippen LogP contribution in [0.5, 0.6) is 0 Å². The van der Waals surface area contributed by atoms with Crippen LogP contribution in [-0.4, -0.2) is 68.9 Å². The van der Waals surface area contributed by atoms with Crippen molar-refractivity contribution in [1.82, 2.24) is 14.9 Å². The Balaban J connectivity index is 0.991. The van der Waals surface area contributed by atoms with E-state index in [9.17, 15) is 18.3 Å². The van der Waals surface area contributed by atoms with Gasteiger partial charge >= 0.3 is 5.97 Å². The molecule has 1 aliphatic heterocycles. The summed E-state index contributed by atoms with van der Waals surface area (Å²) < 4.78 is 26.0. The Bertz CT molecular complexity index is 1780. The topological polar surface area (TPSA) is 98.7 Å². The minimum atomic E-state index is -3.12. The Morgan fingerprint density at radius 2 is 1.62 bits per heavy atom. The van der Waals surface area contributed by atoms with E-state index < -0.39 is 16.0 Å². The Morgan fingerprint density at radius 3 is 2.26 bits per heavy atom. The van der Waals surface area contributed by atoms with E-state index in [0.29, 0.717) is 70.3 Å². The van der Waals surface area contributed by atoms with Gasteiger partial charge in [0.15, 0.2) is 0 Å². The molecule has 6 aliphatic carbocycles. The molecule has 7 aliphatic rings. The van der Waals surface area contributed by atoms with Crippen LogP contribution < -0.4 is 10.0 Å². The third-order valence-electron chi connectivity index (χ3n) is 18.0. The molecule has 3 N–H and O–H groups in total. The van der Waals surface area contributed by atoms with E-state index in [4.69, 9.17) is 0 Å². The molecule has 0 aromatic heterocycles. The number of hydrogen-bond acceptors (Lipinski definition) is 5. The number of aromatic carboxylic acids is 1. The first-order chi connectivity index (χ1) is 24.8. The molecule has 6 fully saturated rings. The van der Waals surface area contributed by atoms with Crippen LogP contribution in [0, 0.1) is 69.0 Å². The summed E-state index contributed by atoms with van der Waals surface area (Å²) in [5.74, 6) is 4.17. The van der Waals surface area contributed by atoms with Crippen molar-refractivity contribution >= 4 is 21.6 Å². The number of carbonyl (C=O) groups is 1. The molecule has 292 valence electrons. The van der Waals surface area contributed by atoms with Crippen LogP contribution in [0.25, 0.3) is 5.57 Å². The van der Waals surface area contributed by atoms with Crippen LogP contribution in [-0.2, 0) is 10.0 Å². The zero-order chi connectivity index (χ0) is 37.9. The van der Waals surface area contributed by atoms with Crippen molar-refractivity contribution in [2.24, 2.45) is 69.0 Å². The van der Waals surface area contributed by atoms with Gasteiger partial charge in [-0.2, -0.15) is 0 Å². The second-order valence-electron chi connectivity index (χ2n) is 20.6. The molecule has 5 saturated carbocycles. The van der Waals surface area contributed by atoms with Crippen LogP contribution in [0.1, 0.15) is 115 Å².